The van der Waals surface area contributed by atoms with Crippen molar-refractivity contribution in [3.63, 3.8) is 0 Å². The molecular weight excluding hydrogens is 419 g/mol. The summed E-state index contributed by atoms with van der Waals surface area (Å²) in [6, 6.07) is 6.62. The summed E-state index contributed by atoms with van der Waals surface area (Å²) in [5, 5.41) is 0. The number of carbonyl (C=O) groups is 1. The van der Waals surface area contributed by atoms with Crippen LogP contribution in [0.2, 0.25) is 0 Å². The highest BCUT2D eigenvalue weighted by Gasteiger charge is 2.40. The molecule has 10 heteroatoms. The van der Waals surface area contributed by atoms with Crippen molar-refractivity contribution in [3.05, 3.63) is 65.4 Å². The van der Waals surface area contributed by atoms with Crippen molar-refractivity contribution in [3.8, 4) is 5.75 Å². The third-order valence-corrected chi connectivity index (χ3v) is 5.14. The first-order valence-corrected chi connectivity index (χ1v) is 9.93. The van der Waals surface area contributed by atoms with Gasteiger partial charge in [0.05, 0.1) is 10.8 Å². The van der Waals surface area contributed by atoms with Crippen molar-refractivity contribution >= 4 is 21.7 Å². The zero-order chi connectivity index (χ0) is 22.0. The lowest BCUT2D eigenvalue weighted by Crippen LogP contribution is -2.23. The monoisotopic (exact) mass is 434 g/mol. The lowest BCUT2D eigenvalue weighted by Gasteiger charge is -2.22. The molecule has 0 radical (unpaired) electrons. The maximum atomic E-state index is 13.4. The first-order chi connectivity index (χ1) is 13.3. The fourth-order valence-corrected chi connectivity index (χ4v) is 3.09. The highest BCUT2D eigenvalue weighted by Crippen LogP contribution is 2.39. The number of hydrogen-bond acceptors (Lipinski definition) is 4. The van der Waals surface area contributed by atoms with Gasteiger partial charge in [-0.05, 0) is 36.8 Å². The Morgan fingerprint density at radius 2 is 1.62 bits per heavy atom. The molecule has 156 valence electrons. The molecule has 2 rings (SSSR count). The third-order valence-electron chi connectivity index (χ3n) is 4.01. The van der Waals surface area contributed by atoms with Crippen LogP contribution in [-0.2, 0) is 14.6 Å². The predicted molar refractivity (Wildman–Crippen MR) is 94.7 cm³/mol. The Bertz CT molecular complexity index is 1040. The number of ether oxygens (including phenoxy) is 1. The van der Waals surface area contributed by atoms with Gasteiger partial charge in [-0.1, -0.05) is 12.1 Å². The molecule has 0 aliphatic rings. The minimum absolute atomic E-state index is 0.0172. The highest BCUT2D eigenvalue weighted by molar-refractivity contribution is 7.90. The number of halogens is 5. The second kappa shape index (κ2) is 8.32. The summed E-state index contributed by atoms with van der Waals surface area (Å²) >= 11 is 0. The van der Waals surface area contributed by atoms with Crippen LogP contribution in [0.15, 0.2) is 53.1 Å². The summed E-state index contributed by atoms with van der Waals surface area (Å²) in [5.41, 5.74) is -0.704. The summed E-state index contributed by atoms with van der Waals surface area (Å²) in [5.74, 6) is -5.85. The van der Waals surface area contributed by atoms with Crippen LogP contribution in [0.4, 0.5) is 22.0 Å². The molecule has 2 aromatic carbocycles. The minimum Gasteiger partial charge on any atom is -0.453 e. The molecule has 0 bridgehead atoms. The van der Waals surface area contributed by atoms with Gasteiger partial charge in [-0.25, -0.2) is 17.2 Å². The Kier molecular flexibility index (Phi) is 6.46. The number of alkyl halides is 3. The van der Waals surface area contributed by atoms with Crippen LogP contribution in [-0.4, -0.2) is 27.1 Å². The van der Waals surface area contributed by atoms with E-state index in [1.165, 1.54) is 0 Å². The van der Waals surface area contributed by atoms with E-state index in [2.05, 4.69) is 0 Å². The molecule has 0 N–H and O–H groups in total. The average Bonchev–Trinajstić information content (AvgIpc) is 2.63. The van der Waals surface area contributed by atoms with Crippen molar-refractivity contribution < 1.29 is 39.9 Å². The van der Waals surface area contributed by atoms with E-state index in [4.69, 9.17) is 4.74 Å². The predicted octanol–water partition coefficient (Wildman–Crippen LogP) is 4.56. The molecule has 4 nitrogen and oxygen atoms in total. The molecule has 0 saturated heterocycles. The van der Waals surface area contributed by atoms with Crippen LogP contribution in [0.1, 0.15) is 12.5 Å². The van der Waals surface area contributed by atoms with Crippen LogP contribution < -0.4 is 4.74 Å². The van der Waals surface area contributed by atoms with Gasteiger partial charge in [0.1, 0.15) is 5.75 Å². The molecule has 0 heterocycles. The number of benzene rings is 2. The molecule has 29 heavy (non-hydrogen) atoms. The Hall–Kier alpha value is -2.75. The Labute approximate surface area is 163 Å². The van der Waals surface area contributed by atoms with Gasteiger partial charge in [-0.2, -0.15) is 13.2 Å². The quantitative estimate of drug-likeness (QED) is 0.290. The van der Waals surface area contributed by atoms with E-state index in [1.54, 1.807) is 0 Å². The molecule has 1 atom stereocenters. The van der Waals surface area contributed by atoms with Crippen molar-refractivity contribution in [2.24, 2.45) is 5.92 Å². The summed E-state index contributed by atoms with van der Waals surface area (Å²) in [6.45, 7) is 0.790. The van der Waals surface area contributed by atoms with Gasteiger partial charge in [-0.15, -0.1) is 0 Å². The molecular formula is C19H15F5O4S. The second-order valence-corrected chi connectivity index (χ2v) is 8.15. The number of allylic oxidation sites excluding steroid dienone is 2. The molecule has 2 aromatic rings. The van der Waals surface area contributed by atoms with Crippen molar-refractivity contribution in [1.82, 2.24) is 0 Å². The van der Waals surface area contributed by atoms with Gasteiger partial charge < -0.3 is 4.74 Å². The molecule has 0 aromatic heterocycles. The lowest BCUT2D eigenvalue weighted by atomic mass is 9.92. The lowest BCUT2D eigenvalue weighted by molar-refractivity contribution is -0.153. The van der Waals surface area contributed by atoms with Crippen molar-refractivity contribution in [2.75, 3.05) is 6.26 Å². The second-order valence-electron chi connectivity index (χ2n) is 6.13. The summed E-state index contributed by atoms with van der Waals surface area (Å²) in [4.78, 5) is 11.4. The van der Waals surface area contributed by atoms with Gasteiger partial charge in [0.15, 0.2) is 33.5 Å². The standard InChI is InChI=1S/C19H15F5O4S/c1-11(19(22,23)24)18(12-3-6-14(7-4-12)29(2,26)27)17(10-25)28-13-5-8-15(20)16(21)9-13/h3-11H,1-2H3/b18-17-. The number of sulfone groups is 1. The van der Waals surface area contributed by atoms with E-state index in [1.807, 2.05) is 0 Å². The van der Waals surface area contributed by atoms with Gasteiger partial charge in [0.2, 0.25) is 0 Å². The maximum absolute atomic E-state index is 13.4. The summed E-state index contributed by atoms with van der Waals surface area (Å²) in [6.07, 6.45) is -3.82. The van der Waals surface area contributed by atoms with Crippen molar-refractivity contribution in [1.29, 1.82) is 0 Å². The first kappa shape index (κ1) is 22.5. The molecule has 0 aliphatic heterocycles. The Morgan fingerprint density at radius 1 is 1.03 bits per heavy atom. The molecule has 0 amide bonds. The molecule has 0 fully saturated rings. The first-order valence-electron chi connectivity index (χ1n) is 8.04. The summed E-state index contributed by atoms with van der Waals surface area (Å²) < 4.78 is 94.8. The Balaban J connectivity index is 2.63. The zero-order valence-corrected chi connectivity index (χ0v) is 15.9. The molecule has 0 saturated carbocycles. The van der Waals surface area contributed by atoms with Crippen molar-refractivity contribution in [2.45, 2.75) is 18.0 Å². The SMILES string of the molecule is CC(/C(=C(\C=O)Oc1ccc(F)c(F)c1)c1ccc(S(C)(=O)=O)cc1)C(F)(F)F. The normalized spacial score (nSPS) is 14.2. The zero-order valence-electron chi connectivity index (χ0n) is 15.1. The summed E-state index contributed by atoms with van der Waals surface area (Å²) in [7, 11) is -3.59. The van der Waals surface area contributed by atoms with Gasteiger partial charge in [0.25, 0.3) is 0 Å². The van der Waals surface area contributed by atoms with Crippen LogP contribution in [0.5, 0.6) is 5.75 Å². The maximum Gasteiger partial charge on any atom is 0.395 e. The van der Waals surface area contributed by atoms with E-state index < -0.39 is 44.9 Å². The van der Waals surface area contributed by atoms with E-state index in [0.717, 1.165) is 43.5 Å². The van der Waals surface area contributed by atoms with Gasteiger partial charge in [0, 0.05) is 17.9 Å². The molecule has 1 unspecified atom stereocenters. The fourth-order valence-electron chi connectivity index (χ4n) is 2.46. The van der Waals surface area contributed by atoms with E-state index in [-0.39, 0.29) is 22.5 Å². The largest absolute Gasteiger partial charge is 0.453 e. The number of aldehydes is 1. The average molecular weight is 434 g/mol. The van der Waals surface area contributed by atoms with Crippen LogP contribution in [0.3, 0.4) is 0 Å². The van der Waals surface area contributed by atoms with Crippen LogP contribution in [0, 0.1) is 17.6 Å². The third kappa shape index (κ3) is 5.41. The van der Waals surface area contributed by atoms with Gasteiger partial charge >= 0.3 is 6.18 Å². The molecule has 0 aliphatic carbocycles. The highest BCUT2D eigenvalue weighted by atomic mass is 32.2. The van der Waals surface area contributed by atoms with Gasteiger partial charge in [-0.3, -0.25) is 4.79 Å². The topological polar surface area (TPSA) is 60.4 Å². The van der Waals surface area contributed by atoms with E-state index in [9.17, 15) is 35.2 Å². The number of carbonyl (C=O) groups excluding carboxylic acids is 1. The minimum atomic E-state index is -4.77. The van der Waals surface area contributed by atoms with E-state index >= 15 is 0 Å². The smallest absolute Gasteiger partial charge is 0.395 e. The van der Waals surface area contributed by atoms with Crippen LogP contribution >= 0.6 is 0 Å². The number of rotatable bonds is 6. The fraction of sp³-hybridized carbons (Fsp3) is 0.211. The molecule has 0 spiro atoms. The van der Waals surface area contributed by atoms with E-state index in [0.29, 0.717) is 12.1 Å². The Morgan fingerprint density at radius 3 is 2.07 bits per heavy atom. The number of hydrogen-bond donors (Lipinski definition) is 0. The van der Waals surface area contributed by atoms with Crippen LogP contribution in [0.25, 0.3) is 5.57 Å².